The van der Waals surface area contributed by atoms with Gasteiger partial charge in [0.15, 0.2) is 0 Å². The zero-order valence-electron chi connectivity index (χ0n) is 15.3. The van der Waals surface area contributed by atoms with Gasteiger partial charge in [-0.15, -0.1) is 10.2 Å². The average Bonchev–Trinajstić information content (AvgIpc) is 3.35. The SMILES string of the molecule is COc1ccc(Cn2nnc(-c3cnn(-c4ccc(OC)cc4)c3I)n2)cc1. The van der Waals surface area contributed by atoms with Gasteiger partial charge in [-0.05, 0) is 69.8 Å². The first kappa shape index (κ1) is 18.4. The van der Waals surface area contributed by atoms with Crippen molar-refractivity contribution in [2.24, 2.45) is 0 Å². The van der Waals surface area contributed by atoms with Crippen molar-refractivity contribution in [3.05, 3.63) is 64.0 Å². The summed E-state index contributed by atoms with van der Waals surface area (Å²) < 4.78 is 13.1. The Hall–Kier alpha value is -2.95. The predicted octanol–water partition coefficient (Wildman–Crippen LogP) is 3.20. The number of benzene rings is 2. The topological polar surface area (TPSA) is 79.9 Å². The summed E-state index contributed by atoms with van der Waals surface area (Å²) >= 11 is 2.24. The Morgan fingerprint density at radius 3 is 2.21 bits per heavy atom. The minimum atomic E-state index is 0.528. The normalized spacial score (nSPS) is 10.8. The van der Waals surface area contributed by atoms with Crippen LogP contribution in [0.2, 0.25) is 0 Å². The van der Waals surface area contributed by atoms with Crippen LogP contribution in [0.15, 0.2) is 54.7 Å². The van der Waals surface area contributed by atoms with Crippen molar-refractivity contribution in [1.82, 2.24) is 30.0 Å². The van der Waals surface area contributed by atoms with E-state index in [0.717, 1.165) is 32.0 Å². The van der Waals surface area contributed by atoms with Gasteiger partial charge >= 0.3 is 0 Å². The minimum Gasteiger partial charge on any atom is -0.497 e. The fraction of sp³-hybridized carbons (Fsp3) is 0.158. The minimum absolute atomic E-state index is 0.528. The third kappa shape index (κ3) is 3.70. The molecule has 2 aromatic carbocycles. The molecular weight excluding hydrogens is 471 g/mol. The number of rotatable bonds is 6. The Morgan fingerprint density at radius 2 is 1.57 bits per heavy atom. The van der Waals surface area contributed by atoms with Gasteiger partial charge in [-0.25, -0.2) is 4.68 Å². The lowest BCUT2D eigenvalue weighted by Gasteiger charge is -2.05. The molecule has 0 saturated carbocycles. The van der Waals surface area contributed by atoms with E-state index in [9.17, 15) is 0 Å². The Morgan fingerprint density at radius 1 is 0.929 bits per heavy atom. The largest absolute Gasteiger partial charge is 0.497 e. The molecule has 0 aliphatic heterocycles. The molecular formula is C19H17IN6O2. The van der Waals surface area contributed by atoms with Gasteiger partial charge in [0.1, 0.15) is 15.2 Å². The molecule has 0 spiro atoms. The van der Waals surface area contributed by atoms with Crippen molar-refractivity contribution in [1.29, 1.82) is 0 Å². The summed E-state index contributed by atoms with van der Waals surface area (Å²) in [6.07, 6.45) is 1.75. The lowest BCUT2D eigenvalue weighted by molar-refractivity contribution is 0.414. The lowest BCUT2D eigenvalue weighted by Crippen LogP contribution is -2.04. The summed E-state index contributed by atoms with van der Waals surface area (Å²) in [5.74, 6) is 2.16. The second-order valence-corrected chi connectivity index (χ2v) is 6.97. The van der Waals surface area contributed by atoms with E-state index in [1.54, 1.807) is 25.2 Å². The Labute approximate surface area is 175 Å². The fourth-order valence-electron chi connectivity index (χ4n) is 2.70. The maximum Gasteiger partial charge on any atom is 0.209 e. The van der Waals surface area contributed by atoms with E-state index in [4.69, 9.17) is 9.47 Å². The molecule has 4 rings (SSSR count). The van der Waals surface area contributed by atoms with E-state index in [2.05, 4.69) is 43.1 Å². The van der Waals surface area contributed by atoms with Crippen molar-refractivity contribution < 1.29 is 9.47 Å². The molecule has 0 fully saturated rings. The molecule has 0 aliphatic rings. The maximum atomic E-state index is 5.20. The van der Waals surface area contributed by atoms with Crippen molar-refractivity contribution in [2.75, 3.05) is 14.2 Å². The maximum absolute atomic E-state index is 5.20. The van der Waals surface area contributed by atoms with Crippen LogP contribution >= 0.6 is 22.6 Å². The number of hydrogen-bond acceptors (Lipinski definition) is 6. The highest BCUT2D eigenvalue weighted by Gasteiger charge is 2.16. The van der Waals surface area contributed by atoms with E-state index in [-0.39, 0.29) is 0 Å². The molecule has 28 heavy (non-hydrogen) atoms. The van der Waals surface area contributed by atoms with Gasteiger partial charge in [-0.3, -0.25) is 0 Å². The lowest BCUT2D eigenvalue weighted by atomic mass is 10.2. The van der Waals surface area contributed by atoms with Crippen molar-refractivity contribution in [3.8, 4) is 28.6 Å². The zero-order valence-corrected chi connectivity index (χ0v) is 17.4. The first-order chi connectivity index (χ1) is 13.7. The van der Waals surface area contributed by atoms with Crippen LogP contribution in [0.1, 0.15) is 5.56 Å². The molecule has 0 aliphatic carbocycles. The van der Waals surface area contributed by atoms with Crippen molar-refractivity contribution in [3.63, 3.8) is 0 Å². The number of ether oxygens (including phenoxy) is 2. The summed E-state index contributed by atoms with van der Waals surface area (Å²) in [4.78, 5) is 1.57. The van der Waals surface area contributed by atoms with Crippen LogP contribution < -0.4 is 9.47 Å². The summed E-state index contributed by atoms with van der Waals surface area (Å²) in [6.45, 7) is 0.528. The number of halogens is 1. The van der Waals surface area contributed by atoms with Gasteiger partial charge in [0.25, 0.3) is 0 Å². The zero-order chi connectivity index (χ0) is 19.5. The fourth-order valence-corrected chi connectivity index (χ4v) is 3.48. The molecule has 0 bridgehead atoms. The van der Waals surface area contributed by atoms with Gasteiger partial charge < -0.3 is 9.47 Å². The predicted molar refractivity (Wildman–Crippen MR) is 112 cm³/mol. The second-order valence-electron chi connectivity index (χ2n) is 5.95. The molecule has 0 saturated heterocycles. The molecule has 2 aromatic heterocycles. The molecule has 0 unspecified atom stereocenters. The van der Waals surface area contributed by atoms with Crippen LogP contribution in [0.3, 0.4) is 0 Å². The molecule has 9 heteroatoms. The van der Waals surface area contributed by atoms with E-state index >= 15 is 0 Å². The van der Waals surface area contributed by atoms with E-state index < -0.39 is 0 Å². The Balaban J connectivity index is 1.55. The van der Waals surface area contributed by atoms with Crippen molar-refractivity contribution >= 4 is 22.6 Å². The highest BCUT2D eigenvalue weighted by molar-refractivity contribution is 14.1. The van der Waals surface area contributed by atoms with Gasteiger partial charge in [0.05, 0.1) is 38.2 Å². The summed E-state index contributed by atoms with van der Waals surface area (Å²) in [5, 5.41) is 17.3. The smallest absolute Gasteiger partial charge is 0.209 e. The van der Waals surface area contributed by atoms with Crippen LogP contribution in [0.4, 0.5) is 0 Å². The summed E-state index contributed by atoms with van der Waals surface area (Å²) in [7, 11) is 3.29. The van der Waals surface area contributed by atoms with E-state index in [0.29, 0.717) is 12.4 Å². The number of hydrogen-bond donors (Lipinski definition) is 0. The average molecular weight is 488 g/mol. The third-order valence-electron chi connectivity index (χ3n) is 4.20. The summed E-state index contributed by atoms with van der Waals surface area (Å²) in [5.41, 5.74) is 2.83. The monoisotopic (exact) mass is 488 g/mol. The number of tetrazole rings is 1. The third-order valence-corrected chi connectivity index (χ3v) is 5.24. The standard InChI is InChI=1S/C19H17IN6O2/c1-27-15-7-3-13(4-8-15)12-25-23-19(22-24-25)17-11-21-26(18(17)20)14-5-9-16(28-2)10-6-14/h3-11H,12H2,1-2H3. The first-order valence-electron chi connectivity index (χ1n) is 8.47. The highest BCUT2D eigenvalue weighted by Crippen LogP contribution is 2.25. The molecule has 2 heterocycles. The van der Waals surface area contributed by atoms with Crippen LogP contribution in [-0.4, -0.2) is 44.2 Å². The van der Waals surface area contributed by atoms with Gasteiger partial charge in [0.2, 0.25) is 5.82 Å². The molecule has 0 radical (unpaired) electrons. The Kier molecular flexibility index (Phi) is 5.24. The van der Waals surface area contributed by atoms with Crippen LogP contribution in [-0.2, 0) is 6.54 Å². The molecule has 142 valence electrons. The first-order valence-corrected chi connectivity index (χ1v) is 9.55. The summed E-state index contributed by atoms with van der Waals surface area (Å²) in [6, 6.07) is 15.5. The Bertz CT molecular complexity index is 1070. The molecule has 0 amide bonds. The number of aromatic nitrogens is 6. The molecule has 8 nitrogen and oxygen atoms in total. The van der Waals surface area contributed by atoms with Gasteiger partial charge in [-0.2, -0.15) is 9.90 Å². The van der Waals surface area contributed by atoms with Crippen LogP contribution in [0.25, 0.3) is 17.1 Å². The quantitative estimate of drug-likeness (QED) is 0.388. The van der Waals surface area contributed by atoms with Crippen LogP contribution in [0.5, 0.6) is 11.5 Å². The van der Waals surface area contributed by atoms with Gasteiger partial charge in [0, 0.05) is 0 Å². The number of methoxy groups -OCH3 is 2. The van der Waals surface area contributed by atoms with Crippen LogP contribution in [0, 0.1) is 3.70 Å². The number of nitrogens with zero attached hydrogens (tertiary/aromatic N) is 6. The van der Waals surface area contributed by atoms with Crippen molar-refractivity contribution in [2.45, 2.75) is 6.54 Å². The highest BCUT2D eigenvalue weighted by atomic mass is 127. The molecule has 0 atom stereocenters. The van der Waals surface area contributed by atoms with Gasteiger partial charge in [-0.1, -0.05) is 12.1 Å². The molecule has 0 N–H and O–H groups in total. The van der Waals surface area contributed by atoms with E-state index in [1.807, 2.05) is 53.2 Å². The molecule has 4 aromatic rings. The van der Waals surface area contributed by atoms with E-state index in [1.165, 1.54) is 0 Å². The second kappa shape index (κ2) is 7.97.